The van der Waals surface area contributed by atoms with Crippen molar-refractivity contribution in [2.75, 3.05) is 19.7 Å². The lowest BCUT2D eigenvalue weighted by Gasteiger charge is -2.38. The highest BCUT2D eigenvalue weighted by molar-refractivity contribution is 7.10. The summed E-state index contributed by atoms with van der Waals surface area (Å²) >= 11 is 1.74. The molecule has 0 N–H and O–H groups in total. The average Bonchev–Trinajstić information content (AvgIpc) is 3.39. The maximum Gasteiger partial charge on any atom is 0.254 e. The van der Waals surface area contributed by atoms with Gasteiger partial charge in [0, 0.05) is 23.0 Å². The first-order valence-electron chi connectivity index (χ1n) is 13.2. The van der Waals surface area contributed by atoms with Crippen molar-refractivity contribution in [2.45, 2.75) is 65.5 Å². The molecule has 2 atom stereocenters. The fourth-order valence-electron chi connectivity index (χ4n) is 4.85. The quantitative estimate of drug-likeness (QED) is 0.320. The van der Waals surface area contributed by atoms with Crippen molar-refractivity contribution in [3.63, 3.8) is 0 Å². The first-order chi connectivity index (χ1) is 17.8. The van der Waals surface area contributed by atoms with E-state index in [1.807, 2.05) is 62.1 Å². The van der Waals surface area contributed by atoms with Gasteiger partial charge in [-0.3, -0.25) is 9.59 Å². The predicted molar refractivity (Wildman–Crippen MR) is 150 cm³/mol. The van der Waals surface area contributed by atoms with Gasteiger partial charge in [0.1, 0.15) is 18.9 Å². The zero-order valence-corrected chi connectivity index (χ0v) is 23.4. The summed E-state index contributed by atoms with van der Waals surface area (Å²) in [6.07, 6.45) is 1.60. The van der Waals surface area contributed by atoms with Crippen LogP contribution in [0.5, 0.6) is 5.75 Å². The zero-order chi connectivity index (χ0) is 26.5. The lowest BCUT2D eigenvalue weighted by atomic mass is 10.00. The number of hydrogen-bond acceptors (Lipinski definition) is 4. The minimum atomic E-state index is -0.181. The molecule has 2 amide bonds. The van der Waals surface area contributed by atoms with E-state index in [-0.39, 0.29) is 30.4 Å². The Kier molecular flexibility index (Phi) is 8.70. The molecule has 3 aromatic rings. The van der Waals surface area contributed by atoms with Gasteiger partial charge in [0.05, 0.1) is 6.04 Å². The Morgan fingerprint density at radius 2 is 1.81 bits per heavy atom. The molecule has 0 spiro atoms. The molecule has 0 aliphatic carbocycles. The maximum atomic E-state index is 13.8. The van der Waals surface area contributed by atoms with Crippen LogP contribution in [-0.4, -0.2) is 47.4 Å². The van der Waals surface area contributed by atoms with Gasteiger partial charge >= 0.3 is 0 Å². The molecule has 0 bridgehead atoms. The molecule has 0 saturated carbocycles. The van der Waals surface area contributed by atoms with Gasteiger partial charge in [-0.1, -0.05) is 51.1 Å². The largest absolute Gasteiger partial charge is 0.491 e. The summed E-state index contributed by atoms with van der Waals surface area (Å²) in [5.41, 5.74) is 4.00. The third kappa shape index (κ3) is 6.07. The third-order valence-corrected chi connectivity index (χ3v) is 8.43. The number of amides is 2. The van der Waals surface area contributed by atoms with E-state index >= 15 is 0 Å². The molecule has 1 aliphatic rings. The van der Waals surface area contributed by atoms with Gasteiger partial charge in [0.2, 0.25) is 5.91 Å². The predicted octanol–water partition coefficient (Wildman–Crippen LogP) is 6.63. The lowest BCUT2D eigenvalue weighted by molar-refractivity contribution is -0.136. The number of nitrogens with zero attached hydrogens (tertiary/aromatic N) is 2. The van der Waals surface area contributed by atoms with Crippen molar-refractivity contribution in [3.05, 3.63) is 87.1 Å². The SMILES string of the molecule is CCC(C)N(CC(=O)N1CCc2sccc2C1COc1ccc(C(C)C)cc1)C(=O)c1ccccc1C. The summed E-state index contributed by atoms with van der Waals surface area (Å²) in [5.74, 6) is 1.13. The molecule has 2 unspecified atom stereocenters. The molecule has 196 valence electrons. The summed E-state index contributed by atoms with van der Waals surface area (Å²) in [6, 6.07) is 17.7. The summed E-state index contributed by atoms with van der Waals surface area (Å²) in [6.45, 7) is 11.4. The topological polar surface area (TPSA) is 49.9 Å². The second-order valence-electron chi connectivity index (χ2n) is 10.2. The minimum Gasteiger partial charge on any atom is -0.491 e. The van der Waals surface area contributed by atoms with Crippen LogP contribution in [0.25, 0.3) is 0 Å². The first kappa shape index (κ1) is 26.9. The zero-order valence-electron chi connectivity index (χ0n) is 22.6. The molecule has 0 saturated heterocycles. The molecule has 4 rings (SSSR count). The smallest absolute Gasteiger partial charge is 0.254 e. The number of thiophene rings is 1. The van der Waals surface area contributed by atoms with Crippen LogP contribution in [0.3, 0.4) is 0 Å². The number of carbonyl (C=O) groups excluding carboxylic acids is 2. The van der Waals surface area contributed by atoms with E-state index in [4.69, 9.17) is 4.74 Å². The van der Waals surface area contributed by atoms with Crippen molar-refractivity contribution in [3.8, 4) is 5.75 Å². The van der Waals surface area contributed by atoms with Crippen molar-refractivity contribution >= 4 is 23.2 Å². The normalized spacial score (nSPS) is 15.8. The number of aryl methyl sites for hydroxylation is 1. The Labute approximate surface area is 225 Å². The van der Waals surface area contributed by atoms with E-state index in [1.165, 1.54) is 10.4 Å². The summed E-state index contributed by atoms with van der Waals surface area (Å²) < 4.78 is 6.22. The van der Waals surface area contributed by atoms with Gasteiger partial charge in [0.15, 0.2) is 0 Å². The molecule has 0 fully saturated rings. The first-order valence-corrected chi connectivity index (χ1v) is 14.1. The van der Waals surface area contributed by atoms with Gasteiger partial charge < -0.3 is 14.5 Å². The van der Waals surface area contributed by atoms with E-state index in [0.29, 0.717) is 24.6 Å². The summed E-state index contributed by atoms with van der Waals surface area (Å²) in [7, 11) is 0. The molecule has 5 nitrogen and oxygen atoms in total. The Morgan fingerprint density at radius 3 is 2.49 bits per heavy atom. The highest BCUT2D eigenvalue weighted by Gasteiger charge is 2.34. The van der Waals surface area contributed by atoms with E-state index in [0.717, 1.165) is 29.7 Å². The average molecular weight is 519 g/mol. The van der Waals surface area contributed by atoms with Crippen molar-refractivity contribution in [1.29, 1.82) is 0 Å². The van der Waals surface area contributed by atoms with Crippen LogP contribution in [-0.2, 0) is 11.2 Å². The number of hydrogen-bond donors (Lipinski definition) is 0. The Balaban J connectivity index is 1.54. The lowest BCUT2D eigenvalue weighted by Crippen LogP contribution is -2.50. The molecule has 0 radical (unpaired) electrons. The van der Waals surface area contributed by atoms with Crippen LogP contribution < -0.4 is 4.74 Å². The van der Waals surface area contributed by atoms with Gasteiger partial charge in [0.25, 0.3) is 5.91 Å². The molecule has 37 heavy (non-hydrogen) atoms. The van der Waals surface area contributed by atoms with E-state index in [1.54, 1.807) is 16.2 Å². The van der Waals surface area contributed by atoms with Crippen LogP contribution in [0.2, 0.25) is 0 Å². The summed E-state index contributed by atoms with van der Waals surface area (Å²) in [4.78, 5) is 32.3. The highest BCUT2D eigenvalue weighted by atomic mass is 32.1. The Hall–Kier alpha value is -3.12. The van der Waals surface area contributed by atoms with Crippen LogP contribution in [0.1, 0.15) is 78.0 Å². The van der Waals surface area contributed by atoms with Crippen LogP contribution in [0.15, 0.2) is 60.0 Å². The van der Waals surface area contributed by atoms with Crippen molar-refractivity contribution in [1.82, 2.24) is 9.80 Å². The molecule has 1 aliphatic heterocycles. The third-order valence-electron chi connectivity index (χ3n) is 7.43. The number of ether oxygens (including phenoxy) is 1. The van der Waals surface area contributed by atoms with Gasteiger partial charge in [-0.2, -0.15) is 0 Å². The molecular weight excluding hydrogens is 480 g/mol. The molecule has 2 aromatic carbocycles. The fraction of sp³-hybridized carbons (Fsp3) is 0.419. The Morgan fingerprint density at radius 1 is 1.08 bits per heavy atom. The van der Waals surface area contributed by atoms with E-state index in [9.17, 15) is 9.59 Å². The molecule has 2 heterocycles. The van der Waals surface area contributed by atoms with Gasteiger partial charge in [-0.05, 0) is 78.9 Å². The second-order valence-corrected chi connectivity index (χ2v) is 11.2. The fourth-order valence-corrected chi connectivity index (χ4v) is 5.78. The summed E-state index contributed by atoms with van der Waals surface area (Å²) in [5, 5.41) is 2.09. The molecule has 1 aromatic heterocycles. The van der Waals surface area contributed by atoms with Crippen molar-refractivity contribution in [2.24, 2.45) is 0 Å². The minimum absolute atomic E-state index is 0.0390. The highest BCUT2D eigenvalue weighted by Crippen LogP contribution is 2.34. The van der Waals surface area contributed by atoms with Gasteiger partial charge in [-0.15, -0.1) is 11.3 Å². The number of benzene rings is 2. The number of fused-ring (bicyclic) bond motifs is 1. The van der Waals surface area contributed by atoms with Crippen LogP contribution >= 0.6 is 11.3 Å². The number of carbonyl (C=O) groups is 2. The van der Waals surface area contributed by atoms with Gasteiger partial charge in [-0.25, -0.2) is 0 Å². The number of rotatable bonds is 9. The monoisotopic (exact) mass is 518 g/mol. The van der Waals surface area contributed by atoms with Crippen LogP contribution in [0.4, 0.5) is 0 Å². The van der Waals surface area contributed by atoms with E-state index < -0.39 is 0 Å². The van der Waals surface area contributed by atoms with Crippen molar-refractivity contribution < 1.29 is 14.3 Å². The standard InChI is InChI=1S/C31H38N2O3S/c1-6-23(5)33(31(35)26-10-8-7-9-22(26)4)19-30(34)32-17-15-29-27(16-18-37-29)28(32)20-36-25-13-11-24(12-14-25)21(2)3/h7-14,16,18,21,23,28H,6,15,17,19-20H2,1-5H3. The molecule has 6 heteroatoms. The van der Waals surface area contributed by atoms with E-state index in [2.05, 4.69) is 37.4 Å². The maximum absolute atomic E-state index is 13.8. The molecular formula is C31H38N2O3S. The van der Waals surface area contributed by atoms with Crippen LogP contribution in [0, 0.1) is 6.92 Å². The Bertz CT molecular complexity index is 1220. The second kappa shape index (κ2) is 12.0.